The van der Waals surface area contributed by atoms with Crippen LogP contribution in [0.4, 0.5) is 4.39 Å². The topological polar surface area (TPSA) is 63.9 Å². The van der Waals surface area contributed by atoms with Gasteiger partial charge in [0.15, 0.2) is 5.78 Å². The SMILES string of the molecule is CN1CCC(n2cc(-c3ccc4nnc(CC(=O)c5ccc(F)cc5)cc4c3)cn2)CC1. The van der Waals surface area contributed by atoms with E-state index in [1.54, 1.807) is 0 Å². The number of likely N-dealkylation sites (tertiary alicyclic amines) is 1. The van der Waals surface area contributed by atoms with Crippen molar-refractivity contribution in [2.45, 2.75) is 25.3 Å². The molecule has 5 rings (SSSR count). The number of benzene rings is 2. The number of ketones is 1. The number of hydrogen-bond acceptors (Lipinski definition) is 5. The van der Waals surface area contributed by atoms with Crippen molar-refractivity contribution >= 4 is 16.7 Å². The van der Waals surface area contributed by atoms with Crippen LogP contribution in [0.1, 0.15) is 34.9 Å². The zero-order valence-electron chi connectivity index (χ0n) is 17.9. The maximum Gasteiger partial charge on any atom is 0.168 e. The van der Waals surface area contributed by atoms with Gasteiger partial charge < -0.3 is 4.90 Å². The number of carbonyl (C=O) groups is 1. The highest BCUT2D eigenvalue weighted by Gasteiger charge is 2.19. The monoisotopic (exact) mass is 429 g/mol. The smallest absolute Gasteiger partial charge is 0.168 e. The molecule has 1 aliphatic heterocycles. The number of fused-ring (bicyclic) bond motifs is 1. The Morgan fingerprint density at radius 2 is 1.81 bits per heavy atom. The van der Waals surface area contributed by atoms with E-state index in [1.807, 2.05) is 24.4 Å². The van der Waals surface area contributed by atoms with Crippen LogP contribution in [0.25, 0.3) is 22.0 Å². The van der Waals surface area contributed by atoms with Crippen LogP contribution >= 0.6 is 0 Å². The third kappa shape index (κ3) is 4.29. The van der Waals surface area contributed by atoms with E-state index in [2.05, 4.69) is 44.2 Å². The zero-order valence-corrected chi connectivity index (χ0v) is 17.9. The van der Waals surface area contributed by atoms with Gasteiger partial charge in [0.05, 0.1) is 29.9 Å². The van der Waals surface area contributed by atoms with Crippen molar-refractivity contribution in [3.63, 3.8) is 0 Å². The Morgan fingerprint density at radius 1 is 1.03 bits per heavy atom. The van der Waals surface area contributed by atoms with Gasteiger partial charge in [-0.15, -0.1) is 0 Å². The molecule has 0 amide bonds. The molecule has 1 saturated heterocycles. The third-order valence-corrected chi connectivity index (χ3v) is 6.14. The first-order valence-electron chi connectivity index (χ1n) is 10.8. The molecule has 0 aliphatic carbocycles. The van der Waals surface area contributed by atoms with Crippen LogP contribution in [0.15, 0.2) is 60.9 Å². The Hall–Kier alpha value is -3.45. The molecule has 3 heterocycles. The van der Waals surface area contributed by atoms with E-state index in [1.165, 1.54) is 24.3 Å². The summed E-state index contributed by atoms with van der Waals surface area (Å²) < 4.78 is 15.2. The molecule has 2 aromatic carbocycles. The zero-order chi connectivity index (χ0) is 22.1. The Kier molecular flexibility index (Phi) is 5.49. The first-order valence-corrected chi connectivity index (χ1v) is 10.8. The number of hydrogen-bond donors (Lipinski definition) is 0. The summed E-state index contributed by atoms with van der Waals surface area (Å²) in [6.07, 6.45) is 6.36. The molecule has 32 heavy (non-hydrogen) atoms. The fraction of sp³-hybridized carbons (Fsp3) is 0.280. The molecule has 0 bridgehead atoms. The molecule has 1 aliphatic rings. The number of rotatable bonds is 5. The molecule has 0 N–H and O–H groups in total. The highest BCUT2D eigenvalue weighted by Crippen LogP contribution is 2.27. The summed E-state index contributed by atoms with van der Waals surface area (Å²) in [5, 5.41) is 14.0. The lowest BCUT2D eigenvalue weighted by molar-refractivity contribution is 0.0991. The van der Waals surface area contributed by atoms with Gasteiger partial charge in [0, 0.05) is 22.7 Å². The second kappa shape index (κ2) is 8.59. The summed E-state index contributed by atoms with van der Waals surface area (Å²) >= 11 is 0. The van der Waals surface area contributed by atoms with Crippen molar-refractivity contribution in [2.24, 2.45) is 0 Å². The lowest BCUT2D eigenvalue weighted by Crippen LogP contribution is -2.31. The molecule has 0 atom stereocenters. The maximum atomic E-state index is 13.1. The van der Waals surface area contributed by atoms with Crippen LogP contribution in [0, 0.1) is 5.82 Å². The van der Waals surface area contributed by atoms with Gasteiger partial charge in [0.1, 0.15) is 5.82 Å². The van der Waals surface area contributed by atoms with Crippen molar-refractivity contribution < 1.29 is 9.18 Å². The van der Waals surface area contributed by atoms with Crippen LogP contribution in [0.3, 0.4) is 0 Å². The fourth-order valence-electron chi connectivity index (χ4n) is 4.20. The van der Waals surface area contributed by atoms with Gasteiger partial charge in [0.25, 0.3) is 0 Å². The molecule has 2 aromatic heterocycles. The lowest BCUT2D eigenvalue weighted by atomic mass is 10.0. The van der Waals surface area contributed by atoms with E-state index in [0.717, 1.165) is 48.0 Å². The number of Topliss-reactive ketones (excluding diaryl/α,β-unsaturated/α-hetero) is 1. The van der Waals surface area contributed by atoms with E-state index in [-0.39, 0.29) is 18.0 Å². The molecule has 1 fully saturated rings. The summed E-state index contributed by atoms with van der Waals surface area (Å²) in [5.74, 6) is -0.479. The maximum absolute atomic E-state index is 13.1. The number of nitrogens with zero attached hydrogens (tertiary/aromatic N) is 5. The second-order valence-electron chi connectivity index (χ2n) is 8.46. The quantitative estimate of drug-likeness (QED) is 0.442. The third-order valence-electron chi connectivity index (χ3n) is 6.14. The minimum Gasteiger partial charge on any atom is -0.306 e. The Bertz CT molecular complexity index is 1260. The van der Waals surface area contributed by atoms with E-state index in [0.29, 0.717) is 17.3 Å². The number of piperidine rings is 1. The van der Waals surface area contributed by atoms with Gasteiger partial charge in [-0.05, 0) is 81.0 Å². The molecule has 7 heteroatoms. The van der Waals surface area contributed by atoms with Crippen LogP contribution in [-0.2, 0) is 6.42 Å². The number of halogens is 1. The van der Waals surface area contributed by atoms with Crippen molar-refractivity contribution in [1.29, 1.82) is 0 Å². The fourth-order valence-corrected chi connectivity index (χ4v) is 4.20. The van der Waals surface area contributed by atoms with E-state index in [4.69, 9.17) is 0 Å². The van der Waals surface area contributed by atoms with Crippen LogP contribution < -0.4 is 0 Å². The van der Waals surface area contributed by atoms with Gasteiger partial charge in [-0.1, -0.05) is 6.07 Å². The van der Waals surface area contributed by atoms with Gasteiger partial charge in [-0.3, -0.25) is 9.48 Å². The van der Waals surface area contributed by atoms with Crippen LogP contribution in [0.2, 0.25) is 0 Å². The number of carbonyl (C=O) groups excluding carboxylic acids is 1. The van der Waals surface area contributed by atoms with E-state index < -0.39 is 0 Å². The first kappa shape index (κ1) is 20.5. The molecule has 0 unspecified atom stereocenters. The largest absolute Gasteiger partial charge is 0.306 e. The lowest BCUT2D eigenvalue weighted by Gasteiger charge is -2.28. The average Bonchev–Trinajstić information content (AvgIpc) is 3.30. The standard InChI is InChI=1S/C25H24FN5O/c1-30-10-8-23(9-11-30)31-16-20(15-27-31)18-4-7-24-19(12-18)13-22(28-29-24)14-25(32)17-2-5-21(26)6-3-17/h2-7,12-13,15-16,23H,8-11,14H2,1H3. The summed E-state index contributed by atoms with van der Waals surface area (Å²) in [7, 11) is 2.16. The average molecular weight is 429 g/mol. The number of aromatic nitrogens is 4. The predicted molar refractivity (Wildman–Crippen MR) is 121 cm³/mol. The Labute approximate surface area is 185 Å². The molecular weight excluding hydrogens is 405 g/mol. The van der Waals surface area contributed by atoms with Crippen molar-refractivity contribution in [3.8, 4) is 11.1 Å². The van der Waals surface area contributed by atoms with Crippen molar-refractivity contribution in [3.05, 3.63) is 78.0 Å². The van der Waals surface area contributed by atoms with Crippen molar-refractivity contribution in [1.82, 2.24) is 24.9 Å². The minimum absolute atomic E-state index is 0.116. The van der Waals surface area contributed by atoms with Gasteiger partial charge in [-0.2, -0.15) is 15.3 Å². The Morgan fingerprint density at radius 3 is 2.59 bits per heavy atom. The molecule has 0 saturated carbocycles. The van der Waals surface area contributed by atoms with Crippen LogP contribution in [0.5, 0.6) is 0 Å². The van der Waals surface area contributed by atoms with Gasteiger partial charge in [-0.25, -0.2) is 4.39 Å². The van der Waals surface area contributed by atoms with Crippen LogP contribution in [-0.4, -0.2) is 50.8 Å². The van der Waals surface area contributed by atoms with E-state index >= 15 is 0 Å². The molecule has 4 aromatic rings. The molecule has 0 spiro atoms. The second-order valence-corrected chi connectivity index (χ2v) is 8.46. The summed E-state index contributed by atoms with van der Waals surface area (Å²) in [6.45, 7) is 2.18. The highest BCUT2D eigenvalue weighted by atomic mass is 19.1. The van der Waals surface area contributed by atoms with Crippen molar-refractivity contribution in [2.75, 3.05) is 20.1 Å². The summed E-state index contributed by atoms with van der Waals surface area (Å²) in [5.41, 5.74) is 3.94. The summed E-state index contributed by atoms with van der Waals surface area (Å²) in [4.78, 5) is 14.9. The molecule has 162 valence electrons. The molecular formula is C25H24FN5O. The molecule has 0 radical (unpaired) electrons. The molecule has 6 nitrogen and oxygen atoms in total. The summed E-state index contributed by atoms with van der Waals surface area (Å²) in [6, 6.07) is 13.9. The van der Waals surface area contributed by atoms with Gasteiger partial charge >= 0.3 is 0 Å². The Balaban J connectivity index is 1.36. The van der Waals surface area contributed by atoms with E-state index in [9.17, 15) is 9.18 Å². The predicted octanol–water partition coefficient (Wildman–Crippen LogP) is 4.32. The first-order chi connectivity index (χ1) is 15.5. The highest BCUT2D eigenvalue weighted by molar-refractivity contribution is 5.97. The normalized spacial score (nSPS) is 15.3. The van der Waals surface area contributed by atoms with Gasteiger partial charge in [0.2, 0.25) is 0 Å². The minimum atomic E-state index is -0.362.